The van der Waals surface area contributed by atoms with Crippen LogP contribution in [-0.2, 0) is 18.0 Å². The lowest BCUT2D eigenvalue weighted by Crippen LogP contribution is -2.01. The lowest BCUT2D eigenvalue weighted by atomic mass is 10.2. The smallest absolute Gasteiger partial charge is 0.224 e. The molecule has 4 heteroatoms. The van der Waals surface area contributed by atoms with E-state index >= 15 is 0 Å². The van der Waals surface area contributed by atoms with Crippen LogP contribution in [0.25, 0.3) is 0 Å². The van der Waals surface area contributed by atoms with Gasteiger partial charge in [-0.25, -0.2) is 0 Å². The number of rotatable bonds is 2. The molecule has 0 saturated carbocycles. The summed E-state index contributed by atoms with van der Waals surface area (Å²) in [4.78, 5) is 11.6. The topological polar surface area (TPSA) is 44.8 Å². The molecule has 0 N–H and O–H groups in total. The molecule has 0 fully saturated rings. The van der Waals surface area contributed by atoms with Crippen LogP contribution < -0.4 is 14.9 Å². The summed E-state index contributed by atoms with van der Waals surface area (Å²) in [5.41, 5.74) is 1.70. The van der Waals surface area contributed by atoms with Crippen LogP contribution in [0.4, 0.5) is 0 Å². The minimum absolute atomic E-state index is 0.177. The first-order valence-electron chi connectivity index (χ1n) is 4.62. The van der Waals surface area contributed by atoms with Crippen molar-refractivity contribution >= 4 is 0 Å². The summed E-state index contributed by atoms with van der Waals surface area (Å²) in [6, 6.07) is 3.15. The largest absolute Gasteiger partial charge is 0.496 e. The van der Waals surface area contributed by atoms with E-state index in [0.717, 1.165) is 11.1 Å². The molecular weight excluding hydrogens is 196 g/mol. The number of hydrogen-bond donors (Lipinski definition) is 0. The molecule has 0 bridgehead atoms. The zero-order valence-electron chi connectivity index (χ0n) is 8.70. The maximum Gasteiger partial charge on any atom is 0.224 e. The molecule has 80 valence electrons. The average Bonchev–Trinajstić information content (AvgIpc) is 2.65. The van der Waals surface area contributed by atoms with Crippen molar-refractivity contribution in [2.24, 2.45) is 0 Å². The Morgan fingerprint density at radius 1 is 1.13 bits per heavy atom. The van der Waals surface area contributed by atoms with Gasteiger partial charge in [-0.1, -0.05) is 0 Å². The van der Waals surface area contributed by atoms with Gasteiger partial charge in [-0.2, -0.15) is 0 Å². The van der Waals surface area contributed by atoms with Crippen molar-refractivity contribution in [2.75, 3.05) is 14.2 Å². The van der Waals surface area contributed by atoms with Gasteiger partial charge in [-0.15, -0.1) is 0 Å². The second-order valence-corrected chi connectivity index (χ2v) is 3.29. The summed E-state index contributed by atoms with van der Waals surface area (Å²) in [5.74, 6) is 0.885. The quantitative estimate of drug-likeness (QED) is 0.730. The molecule has 2 rings (SSSR count). The van der Waals surface area contributed by atoms with Gasteiger partial charge in [0.1, 0.15) is 5.75 Å². The Kier molecular flexibility index (Phi) is 2.60. The Morgan fingerprint density at radius 2 is 1.87 bits per heavy atom. The van der Waals surface area contributed by atoms with Gasteiger partial charge in [-0.05, 0) is 11.6 Å². The highest BCUT2D eigenvalue weighted by molar-refractivity contribution is 5.43. The van der Waals surface area contributed by atoms with Crippen LogP contribution in [-0.4, -0.2) is 14.2 Å². The first kappa shape index (κ1) is 9.98. The zero-order valence-corrected chi connectivity index (χ0v) is 8.70. The highest BCUT2D eigenvalue weighted by Crippen LogP contribution is 2.28. The second kappa shape index (κ2) is 3.90. The van der Waals surface area contributed by atoms with E-state index in [-0.39, 0.29) is 5.43 Å². The van der Waals surface area contributed by atoms with Crippen molar-refractivity contribution in [3.05, 3.63) is 33.5 Å². The highest BCUT2D eigenvalue weighted by Gasteiger charge is 2.17. The molecule has 0 saturated heterocycles. The van der Waals surface area contributed by atoms with Crippen molar-refractivity contribution in [1.29, 1.82) is 0 Å². The van der Waals surface area contributed by atoms with Gasteiger partial charge in [0.2, 0.25) is 5.43 Å². The SMILES string of the molecule is COc1cc(=O)c(OC)cc2c1COC2. The van der Waals surface area contributed by atoms with Crippen LogP contribution >= 0.6 is 0 Å². The summed E-state index contributed by atoms with van der Waals surface area (Å²) in [6.45, 7) is 0.978. The highest BCUT2D eigenvalue weighted by atomic mass is 16.5. The van der Waals surface area contributed by atoms with E-state index in [1.807, 2.05) is 0 Å². The van der Waals surface area contributed by atoms with Crippen molar-refractivity contribution in [3.63, 3.8) is 0 Å². The average molecular weight is 208 g/mol. The van der Waals surface area contributed by atoms with Gasteiger partial charge in [-0.3, -0.25) is 4.79 Å². The normalized spacial score (nSPS) is 13.5. The maximum atomic E-state index is 11.6. The molecule has 1 aromatic rings. The van der Waals surface area contributed by atoms with E-state index < -0.39 is 0 Å². The molecule has 0 aliphatic carbocycles. The van der Waals surface area contributed by atoms with Gasteiger partial charge >= 0.3 is 0 Å². The molecule has 4 nitrogen and oxygen atoms in total. The summed E-state index contributed by atoms with van der Waals surface area (Å²) in [5, 5.41) is 0. The van der Waals surface area contributed by atoms with Crippen LogP contribution in [0.2, 0.25) is 0 Å². The van der Waals surface area contributed by atoms with Crippen molar-refractivity contribution < 1.29 is 14.2 Å². The summed E-state index contributed by atoms with van der Waals surface area (Å²) in [7, 11) is 3.02. The van der Waals surface area contributed by atoms with Gasteiger partial charge in [0.05, 0.1) is 27.4 Å². The van der Waals surface area contributed by atoms with Gasteiger partial charge in [0.25, 0.3) is 0 Å². The molecular formula is C11H12O4. The summed E-state index contributed by atoms with van der Waals surface area (Å²) >= 11 is 0. The Labute approximate surface area is 87.4 Å². The predicted octanol–water partition coefficient (Wildman–Crippen LogP) is 1.09. The third-order valence-electron chi connectivity index (χ3n) is 2.44. The first-order chi connectivity index (χ1) is 7.26. The van der Waals surface area contributed by atoms with E-state index in [0.29, 0.717) is 24.7 Å². The molecule has 1 aromatic carbocycles. The van der Waals surface area contributed by atoms with Crippen molar-refractivity contribution in [1.82, 2.24) is 0 Å². The molecule has 0 amide bonds. The standard InChI is InChI=1S/C11H12O4/c1-13-10-4-9(12)11(14-2)3-7-5-15-6-8(7)10/h3-4H,5-6H2,1-2H3. The summed E-state index contributed by atoms with van der Waals surface area (Å²) < 4.78 is 15.5. The lowest BCUT2D eigenvalue weighted by Gasteiger charge is -1.99. The number of hydrogen-bond acceptors (Lipinski definition) is 4. The van der Waals surface area contributed by atoms with Crippen LogP contribution in [0.15, 0.2) is 16.9 Å². The number of ether oxygens (including phenoxy) is 3. The maximum absolute atomic E-state index is 11.6. The third-order valence-corrected chi connectivity index (χ3v) is 2.44. The number of methoxy groups -OCH3 is 2. The Balaban J connectivity index is 2.71. The van der Waals surface area contributed by atoms with E-state index in [1.165, 1.54) is 13.2 Å². The summed E-state index contributed by atoms with van der Waals surface area (Å²) in [6.07, 6.45) is 0. The fourth-order valence-corrected chi connectivity index (χ4v) is 1.65. The van der Waals surface area contributed by atoms with Crippen molar-refractivity contribution in [2.45, 2.75) is 13.2 Å². The van der Waals surface area contributed by atoms with E-state index in [2.05, 4.69) is 0 Å². The van der Waals surface area contributed by atoms with Crippen LogP contribution in [0.1, 0.15) is 11.1 Å². The van der Waals surface area contributed by atoms with E-state index in [1.54, 1.807) is 13.2 Å². The van der Waals surface area contributed by atoms with Gasteiger partial charge in [0, 0.05) is 11.6 Å². The van der Waals surface area contributed by atoms with E-state index in [4.69, 9.17) is 14.2 Å². The zero-order chi connectivity index (χ0) is 10.8. The van der Waals surface area contributed by atoms with Crippen molar-refractivity contribution in [3.8, 4) is 11.5 Å². The molecule has 1 aliphatic rings. The molecule has 15 heavy (non-hydrogen) atoms. The Bertz CT molecular complexity index is 439. The fourth-order valence-electron chi connectivity index (χ4n) is 1.65. The second-order valence-electron chi connectivity index (χ2n) is 3.29. The predicted molar refractivity (Wildman–Crippen MR) is 54.3 cm³/mol. The van der Waals surface area contributed by atoms with Crippen LogP contribution in [0.5, 0.6) is 11.5 Å². The minimum atomic E-state index is -0.177. The minimum Gasteiger partial charge on any atom is -0.496 e. The molecule has 1 heterocycles. The van der Waals surface area contributed by atoms with Gasteiger partial charge < -0.3 is 14.2 Å². The monoisotopic (exact) mass is 208 g/mol. The molecule has 0 spiro atoms. The third kappa shape index (κ3) is 1.68. The van der Waals surface area contributed by atoms with Gasteiger partial charge in [0.15, 0.2) is 5.75 Å². The number of fused-ring (bicyclic) bond motifs is 1. The fraction of sp³-hybridized carbons (Fsp3) is 0.364. The Hall–Kier alpha value is -1.55. The molecule has 1 aliphatic heterocycles. The van der Waals surface area contributed by atoms with Crippen LogP contribution in [0, 0.1) is 0 Å². The Morgan fingerprint density at radius 3 is 2.53 bits per heavy atom. The molecule has 0 radical (unpaired) electrons. The molecule has 0 aromatic heterocycles. The first-order valence-corrected chi connectivity index (χ1v) is 4.62. The van der Waals surface area contributed by atoms with E-state index in [9.17, 15) is 4.79 Å². The molecule has 0 atom stereocenters. The van der Waals surface area contributed by atoms with Crippen LogP contribution in [0.3, 0.4) is 0 Å². The lowest BCUT2D eigenvalue weighted by molar-refractivity contribution is 0.133. The molecule has 0 unspecified atom stereocenters.